The molecule has 160 valence electrons. The van der Waals surface area contributed by atoms with Crippen LogP contribution in [0.25, 0.3) is 11.4 Å². The molecule has 2 aromatic carbocycles. The molecule has 0 saturated carbocycles. The number of carbonyl (C=O) groups excluding carboxylic acids is 2. The van der Waals surface area contributed by atoms with Gasteiger partial charge in [0.2, 0.25) is 23.5 Å². The Morgan fingerprint density at radius 2 is 2.00 bits per heavy atom. The van der Waals surface area contributed by atoms with Gasteiger partial charge in [-0.15, -0.1) is 0 Å². The molecule has 1 N–H and O–H groups in total. The van der Waals surface area contributed by atoms with Gasteiger partial charge in [0.25, 0.3) is 0 Å². The van der Waals surface area contributed by atoms with Crippen LogP contribution in [0.15, 0.2) is 53.1 Å². The highest BCUT2D eigenvalue weighted by molar-refractivity contribution is 6.00. The summed E-state index contributed by atoms with van der Waals surface area (Å²) in [5, 5.41) is 6.89. The fourth-order valence-corrected chi connectivity index (χ4v) is 3.61. The van der Waals surface area contributed by atoms with E-state index in [9.17, 15) is 9.59 Å². The Labute approximate surface area is 180 Å². The van der Waals surface area contributed by atoms with E-state index in [4.69, 9.17) is 4.52 Å². The third-order valence-corrected chi connectivity index (χ3v) is 5.36. The van der Waals surface area contributed by atoms with Crippen molar-refractivity contribution in [3.05, 3.63) is 60.0 Å². The van der Waals surface area contributed by atoms with Crippen LogP contribution in [0, 0.1) is 12.8 Å². The first kappa shape index (κ1) is 20.6. The smallest absolute Gasteiger partial charge is 0.227 e. The molecule has 31 heavy (non-hydrogen) atoms. The SMILES string of the molecule is Cc1nc(-c2cccc(N3C[C@H](C(=O)NCc4ccc(N(C)C)cc4)CC3=O)c2)no1. The van der Waals surface area contributed by atoms with Gasteiger partial charge >= 0.3 is 0 Å². The normalized spacial score (nSPS) is 15.9. The summed E-state index contributed by atoms with van der Waals surface area (Å²) in [6, 6.07) is 15.4. The molecule has 1 aliphatic rings. The van der Waals surface area contributed by atoms with Crippen LogP contribution in [-0.4, -0.2) is 42.6 Å². The summed E-state index contributed by atoms with van der Waals surface area (Å²) in [7, 11) is 3.97. The monoisotopic (exact) mass is 419 g/mol. The maximum Gasteiger partial charge on any atom is 0.227 e. The summed E-state index contributed by atoms with van der Waals surface area (Å²) in [4.78, 5) is 33.2. The van der Waals surface area contributed by atoms with E-state index in [1.165, 1.54) is 0 Å². The first-order valence-corrected chi connectivity index (χ1v) is 10.2. The summed E-state index contributed by atoms with van der Waals surface area (Å²) in [5.74, 6) is 0.380. The van der Waals surface area contributed by atoms with Crippen molar-refractivity contribution in [2.75, 3.05) is 30.4 Å². The summed E-state index contributed by atoms with van der Waals surface area (Å²) < 4.78 is 5.04. The zero-order valence-electron chi connectivity index (χ0n) is 17.8. The molecular weight excluding hydrogens is 394 g/mol. The van der Waals surface area contributed by atoms with E-state index >= 15 is 0 Å². The summed E-state index contributed by atoms with van der Waals surface area (Å²) in [6.07, 6.45) is 0.191. The fourth-order valence-electron chi connectivity index (χ4n) is 3.61. The first-order chi connectivity index (χ1) is 14.9. The molecule has 1 atom stereocenters. The lowest BCUT2D eigenvalue weighted by molar-refractivity contribution is -0.126. The highest BCUT2D eigenvalue weighted by Gasteiger charge is 2.35. The van der Waals surface area contributed by atoms with Gasteiger partial charge in [-0.1, -0.05) is 29.4 Å². The Morgan fingerprint density at radius 1 is 1.23 bits per heavy atom. The number of amides is 2. The van der Waals surface area contributed by atoms with Crippen molar-refractivity contribution in [2.45, 2.75) is 19.9 Å². The molecule has 2 heterocycles. The lowest BCUT2D eigenvalue weighted by Gasteiger charge is -2.17. The number of rotatable bonds is 6. The van der Waals surface area contributed by atoms with Gasteiger partial charge in [0, 0.05) is 57.5 Å². The highest BCUT2D eigenvalue weighted by atomic mass is 16.5. The largest absolute Gasteiger partial charge is 0.378 e. The number of aryl methyl sites for hydroxylation is 1. The van der Waals surface area contributed by atoms with Crippen molar-refractivity contribution in [3.8, 4) is 11.4 Å². The van der Waals surface area contributed by atoms with Gasteiger partial charge in [-0.25, -0.2) is 0 Å². The predicted molar refractivity (Wildman–Crippen MR) is 118 cm³/mol. The fraction of sp³-hybridized carbons (Fsp3) is 0.304. The van der Waals surface area contributed by atoms with Gasteiger partial charge in [0.15, 0.2) is 0 Å². The van der Waals surface area contributed by atoms with Gasteiger partial charge in [-0.2, -0.15) is 4.98 Å². The Morgan fingerprint density at radius 3 is 2.68 bits per heavy atom. The molecular formula is C23H25N5O3. The minimum Gasteiger partial charge on any atom is -0.378 e. The van der Waals surface area contributed by atoms with Crippen LogP contribution in [0.1, 0.15) is 17.9 Å². The van der Waals surface area contributed by atoms with E-state index in [0.29, 0.717) is 24.8 Å². The Hall–Kier alpha value is -3.68. The molecule has 8 heteroatoms. The van der Waals surface area contributed by atoms with Crippen LogP contribution in [0.4, 0.5) is 11.4 Å². The number of aromatic nitrogens is 2. The summed E-state index contributed by atoms with van der Waals surface area (Å²) in [5.41, 5.74) is 3.60. The summed E-state index contributed by atoms with van der Waals surface area (Å²) in [6.45, 7) is 2.51. The standard InChI is InChI=1S/C23H25N5O3/c1-15-25-22(26-31-15)17-5-4-6-20(11-17)28-14-18(12-21(28)29)23(30)24-13-16-7-9-19(10-8-16)27(2)3/h4-11,18H,12-14H2,1-3H3,(H,24,30)/t18-/m1/s1. The molecule has 1 aromatic heterocycles. The molecule has 0 spiro atoms. The van der Waals surface area contributed by atoms with Crippen LogP contribution >= 0.6 is 0 Å². The van der Waals surface area contributed by atoms with E-state index in [1.807, 2.05) is 67.5 Å². The van der Waals surface area contributed by atoms with Crippen LogP contribution in [0.3, 0.4) is 0 Å². The zero-order chi connectivity index (χ0) is 22.0. The lowest BCUT2D eigenvalue weighted by atomic mass is 10.1. The number of anilines is 2. The number of hydrogen-bond acceptors (Lipinski definition) is 6. The second kappa shape index (κ2) is 8.59. The van der Waals surface area contributed by atoms with Crippen molar-refractivity contribution in [3.63, 3.8) is 0 Å². The zero-order valence-corrected chi connectivity index (χ0v) is 17.8. The average molecular weight is 419 g/mol. The van der Waals surface area contributed by atoms with Crippen LogP contribution in [0.2, 0.25) is 0 Å². The number of carbonyl (C=O) groups is 2. The van der Waals surface area contributed by atoms with E-state index < -0.39 is 0 Å². The van der Waals surface area contributed by atoms with Gasteiger partial charge in [-0.05, 0) is 29.8 Å². The first-order valence-electron chi connectivity index (χ1n) is 10.2. The van der Waals surface area contributed by atoms with Gasteiger partial charge in [-0.3, -0.25) is 9.59 Å². The molecule has 3 aromatic rings. The molecule has 1 saturated heterocycles. The van der Waals surface area contributed by atoms with Crippen LogP contribution in [0.5, 0.6) is 0 Å². The van der Waals surface area contributed by atoms with Gasteiger partial charge in [0.1, 0.15) is 0 Å². The number of nitrogens with zero attached hydrogens (tertiary/aromatic N) is 4. The average Bonchev–Trinajstić information content (AvgIpc) is 3.38. The highest BCUT2D eigenvalue weighted by Crippen LogP contribution is 2.28. The van der Waals surface area contributed by atoms with E-state index in [1.54, 1.807) is 11.8 Å². The molecule has 0 unspecified atom stereocenters. The topological polar surface area (TPSA) is 91.6 Å². The lowest BCUT2D eigenvalue weighted by Crippen LogP contribution is -2.32. The van der Waals surface area contributed by atoms with Crippen LogP contribution < -0.4 is 15.1 Å². The van der Waals surface area contributed by atoms with Gasteiger partial charge in [0.05, 0.1) is 5.92 Å². The van der Waals surface area contributed by atoms with E-state index in [2.05, 4.69) is 15.5 Å². The molecule has 8 nitrogen and oxygen atoms in total. The number of nitrogens with one attached hydrogen (secondary N) is 1. The van der Waals surface area contributed by atoms with Crippen molar-refractivity contribution in [1.82, 2.24) is 15.5 Å². The molecule has 1 fully saturated rings. The second-order valence-corrected chi connectivity index (χ2v) is 7.87. The third-order valence-electron chi connectivity index (χ3n) is 5.36. The maximum atomic E-state index is 12.7. The van der Waals surface area contributed by atoms with Crippen LogP contribution in [-0.2, 0) is 16.1 Å². The number of hydrogen-bond donors (Lipinski definition) is 1. The van der Waals surface area contributed by atoms with Gasteiger partial charge < -0.3 is 19.6 Å². The summed E-state index contributed by atoms with van der Waals surface area (Å²) >= 11 is 0. The van der Waals surface area contributed by atoms with Crippen molar-refractivity contribution >= 4 is 23.2 Å². The van der Waals surface area contributed by atoms with Crippen molar-refractivity contribution in [1.29, 1.82) is 0 Å². The molecule has 0 radical (unpaired) electrons. The molecule has 2 amide bonds. The Kier molecular flexibility index (Phi) is 5.70. The van der Waals surface area contributed by atoms with Crippen molar-refractivity contribution < 1.29 is 14.1 Å². The second-order valence-electron chi connectivity index (χ2n) is 7.87. The minimum atomic E-state index is -0.385. The van der Waals surface area contributed by atoms with Crippen molar-refractivity contribution in [2.24, 2.45) is 5.92 Å². The molecule has 0 aliphatic carbocycles. The minimum absolute atomic E-state index is 0.0723. The molecule has 1 aliphatic heterocycles. The molecule has 0 bridgehead atoms. The predicted octanol–water partition coefficient (Wildman–Crippen LogP) is 2.78. The third kappa shape index (κ3) is 4.58. The Bertz CT molecular complexity index is 1090. The molecule has 4 rings (SSSR count). The van der Waals surface area contributed by atoms with E-state index in [0.717, 1.165) is 22.5 Å². The quantitative estimate of drug-likeness (QED) is 0.661. The van der Waals surface area contributed by atoms with E-state index in [-0.39, 0.29) is 24.2 Å². The maximum absolute atomic E-state index is 12.7. The number of benzene rings is 2. The Balaban J connectivity index is 1.39.